The van der Waals surface area contributed by atoms with E-state index in [-0.39, 0.29) is 5.69 Å². The van der Waals surface area contributed by atoms with Crippen LogP contribution in [0.2, 0.25) is 0 Å². The number of aromatic amines is 1. The van der Waals surface area contributed by atoms with E-state index in [2.05, 4.69) is 9.97 Å². The molecule has 2 N–H and O–H groups in total. The number of nitrogens with zero attached hydrogens (tertiary/aromatic N) is 1. The van der Waals surface area contributed by atoms with E-state index >= 15 is 0 Å². The van der Waals surface area contributed by atoms with Gasteiger partial charge in [-0.2, -0.15) is 13.2 Å². The van der Waals surface area contributed by atoms with E-state index in [0.717, 1.165) is 6.42 Å². The molecule has 1 heterocycles. The molecule has 0 fully saturated rings. The van der Waals surface area contributed by atoms with Crippen molar-refractivity contribution in [2.24, 2.45) is 0 Å². The molecule has 0 radical (unpaired) electrons. The molecular weight excluding hydrogens is 247 g/mol. The molecule has 1 amide bonds. The van der Waals surface area contributed by atoms with Gasteiger partial charge in [0, 0.05) is 12.1 Å². The Morgan fingerprint density at radius 2 is 2.06 bits per heavy atom. The molecule has 1 rings (SSSR count). The van der Waals surface area contributed by atoms with Crippen molar-refractivity contribution < 1.29 is 18.0 Å². The first-order valence-corrected chi connectivity index (χ1v) is 5.80. The molecule has 4 nitrogen and oxygen atoms in total. The quantitative estimate of drug-likeness (QED) is 0.855. The number of carbonyl (C=O) groups is 1. The smallest absolute Gasteiger partial charge is 0.345 e. The highest BCUT2D eigenvalue weighted by atomic mass is 19.4. The number of rotatable bonds is 5. The lowest BCUT2D eigenvalue weighted by atomic mass is 10.2. The van der Waals surface area contributed by atoms with E-state index in [1.807, 2.05) is 19.2 Å². The third kappa shape index (κ3) is 4.05. The van der Waals surface area contributed by atoms with E-state index in [0.29, 0.717) is 24.4 Å². The molecule has 0 unspecified atom stereocenters. The monoisotopic (exact) mass is 263 g/mol. The highest BCUT2D eigenvalue weighted by molar-refractivity contribution is 5.93. The second-order valence-corrected chi connectivity index (χ2v) is 3.91. The normalized spacial score (nSPS) is 11.6. The van der Waals surface area contributed by atoms with Crippen LogP contribution >= 0.6 is 0 Å². The number of carbonyl (C=O) groups excluding carboxylic acids is 1. The number of halogens is 3. The van der Waals surface area contributed by atoms with Crippen LogP contribution in [0.25, 0.3) is 0 Å². The van der Waals surface area contributed by atoms with Crippen LogP contribution in [0.15, 0.2) is 0 Å². The maximum Gasteiger partial charge on any atom is 0.405 e. The summed E-state index contributed by atoms with van der Waals surface area (Å²) in [5.74, 6) is -0.158. The standard InChI is InChI=1S/C11H16F3N3O/c1-3-5-8-16-7(4-2)9(17-8)10(18)15-6-11(12,13)14/h3-6H2,1-2H3,(H,15,18)(H,16,17). The first-order valence-electron chi connectivity index (χ1n) is 5.80. The Balaban J connectivity index is 2.77. The van der Waals surface area contributed by atoms with Crippen molar-refractivity contribution in [1.82, 2.24) is 15.3 Å². The summed E-state index contributed by atoms with van der Waals surface area (Å²) < 4.78 is 36.0. The maximum absolute atomic E-state index is 12.0. The van der Waals surface area contributed by atoms with Crippen LogP contribution in [-0.2, 0) is 12.8 Å². The first-order chi connectivity index (χ1) is 8.37. The number of aryl methyl sites for hydroxylation is 2. The number of aromatic nitrogens is 2. The Bertz CT molecular complexity index is 412. The van der Waals surface area contributed by atoms with E-state index < -0.39 is 18.6 Å². The SMILES string of the molecule is CCCc1nc(C(=O)NCC(F)(F)F)c(CC)[nH]1. The zero-order valence-corrected chi connectivity index (χ0v) is 10.3. The topological polar surface area (TPSA) is 57.8 Å². The Kier molecular flexibility index (Phi) is 4.75. The van der Waals surface area contributed by atoms with E-state index in [1.54, 1.807) is 0 Å². The van der Waals surface area contributed by atoms with Crippen LogP contribution in [0.4, 0.5) is 13.2 Å². The highest BCUT2D eigenvalue weighted by Crippen LogP contribution is 2.13. The van der Waals surface area contributed by atoms with Crippen LogP contribution in [0, 0.1) is 0 Å². The summed E-state index contributed by atoms with van der Waals surface area (Å²) in [7, 11) is 0. The van der Waals surface area contributed by atoms with E-state index in [9.17, 15) is 18.0 Å². The number of alkyl halides is 3. The molecule has 0 spiro atoms. The minimum absolute atomic E-state index is 0.0604. The summed E-state index contributed by atoms with van der Waals surface area (Å²) >= 11 is 0. The maximum atomic E-state index is 12.0. The van der Waals surface area contributed by atoms with Crippen LogP contribution in [0.5, 0.6) is 0 Å². The Morgan fingerprint density at radius 3 is 2.56 bits per heavy atom. The van der Waals surface area contributed by atoms with Crippen LogP contribution in [0.3, 0.4) is 0 Å². The number of imidazole rings is 1. The highest BCUT2D eigenvalue weighted by Gasteiger charge is 2.28. The molecule has 0 aliphatic carbocycles. The van der Waals surface area contributed by atoms with Crippen LogP contribution in [-0.4, -0.2) is 28.6 Å². The van der Waals surface area contributed by atoms with E-state index in [4.69, 9.17) is 0 Å². The zero-order valence-electron chi connectivity index (χ0n) is 10.3. The predicted molar refractivity (Wildman–Crippen MR) is 60.3 cm³/mol. The van der Waals surface area contributed by atoms with Gasteiger partial charge in [-0.25, -0.2) is 4.98 Å². The number of amides is 1. The molecule has 18 heavy (non-hydrogen) atoms. The van der Waals surface area contributed by atoms with Crippen molar-refractivity contribution in [3.05, 3.63) is 17.2 Å². The molecule has 0 aromatic carbocycles. The third-order valence-electron chi connectivity index (χ3n) is 2.33. The average Bonchev–Trinajstić information content (AvgIpc) is 2.68. The molecule has 0 bridgehead atoms. The summed E-state index contributed by atoms with van der Waals surface area (Å²) in [4.78, 5) is 18.6. The molecule has 1 aromatic rings. The lowest BCUT2D eigenvalue weighted by molar-refractivity contribution is -0.123. The Hall–Kier alpha value is -1.53. The van der Waals surface area contributed by atoms with Gasteiger partial charge in [-0.3, -0.25) is 4.79 Å². The molecular formula is C11H16F3N3O. The van der Waals surface area contributed by atoms with Crippen molar-refractivity contribution >= 4 is 5.91 Å². The van der Waals surface area contributed by atoms with Gasteiger partial charge in [-0.1, -0.05) is 13.8 Å². The van der Waals surface area contributed by atoms with Crippen LogP contribution < -0.4 is 5.32 Å². The van der Waals surface area contributed by atoms with Gasteiger partial charge in [0.1, 0.15) is 18.1 Å². The minimum atomic E-state index is -4.41. The number of hydrogen-bond donors (Lipinski definition) is 2. The average molecular weight is 263 g/mol. The lowest BCUT2D eigenvalue weighted by Crippen LogP contribution is -2.34. The number of nitrogens with one attached hydrogen (secondary N) is 2. The van der Waals surface area contributed by atoms with Gasteiger partial charge < -0.3 is 10.3 Å². The molecule has 0 saturated carbocycles. The van der Waals surface area contributed by atoms with Gasteiger partial charge in [0.25, 0.3) is 5.91 Å². The van der Waals surface area contributed by atoms with Gasteiger partial charge >= 0.3 is 6.18 Å². The molecule has 0 aliphatic rings. The molecule has 7 heteroatoms. The largest absolute Gasteiger partial charge is 0.405 e. The Morgan fingerprint density at radius 1 is 1.39 bits per heavy atom. The third-order valence-corrected chi connectivity index (χ3v) is 2.33. The van der Waals surface area contributed by atoms with Crippen molar-refractivity contribution in [2.45, 2.75) is 39.3 Å². The lowest BCUT2D eigenvalue weighted by Gasteiger charge is -2.07. The summed E-state index contributed by atoms with van der Waals surface area (Å²) in [6, 6.07) is 0. The van der Waals surface area contributed by atoms with Crippen molar-refractivity contribution in [3.8, 4) is 0 Å². The molecule has 102 valence electrons. The fraction of sp³-hybridized carbons (Fsp3) is 0.636. The second-order valence-electron chi connectivity index (χ2n) is 3.91. The van der Waals surface area contributed by atoms with Gasteiger partial charge in [0.15, 0.2) is 0 Å². The summed E-state index contributed by atoms with van der Waals surface area (Å²) in [5, 5.41) is 1.82. The summed E-state index contributed by atoms with van der Waals surface area (Å²) in [5.41, 5.74) is 0.628. The predicted octanol–water partition coefficient (Wildman–Crippen LogP) is 2.22. The van der Waals surface area contributed by atoms with Gasteiger partial charge in [-0.15, -0.1) is 0 Å². The first kappa shape index (κ1) is 14.5. The van der Waals surface area contributed by atoms with E-state index in [1.165, 1.54) is 0 Å². The second kappa shape index (κ2) is 5.88. The number of H-pyrrole nitrogens is 1. The molecule has 0 saturated heterocycles. The van der Waals surface area contributed by atoms with Crippen LogP contribution in [0.1, 0.15) is 42.3 Å². The summed E-state index contributed by atoms with van der Waals surface area (Å²) in [6.07, 6.45) is -2.38. The van der Waals surface area contributed by atoms with Crippen molar-refractivity contribution in [2.75, 3.05) is 6.54 Å². The van der Waals surface area contributed by atoms with Gasteiger partial charge in [-0.05, 0) is 12.8 Å². The fourth-order valence-corrected chi connectivity index (χ4v) is 1.53. The van der Waals surface area contributed by atoms with Gasteiger partial charge in [0.05, 0.1) is 0 Å². The summed E-state index contributed by atoms with van der Waals surface area (Å²) in [6.45, 7) is 2.42. The van der Waals surface area contributed by atoms with Crippen molar-refractivity contribution in [1.29, 1.82) is 0 Å². The fourth-order valence-electron chi connectivity index (χ4n) is 1.53. The number of hydrogen-bond acceptors (Lipinski definition) is 2. The van der Waals surface area contributed by atoms with Gasteiger partial charge in [0.2, 0.25) is 0 Å². The molecule has 0 aliphatic heterocycles. The molecule has 0 atom stereocenters. The Labute approximate surface area is 103 Å². The minimum Gasteiger partial charge on any atom is -0.345 e. The molecule has 1 aromatic heterocycles. The zero-order chi connectivity index (χ0) is 13.8. The van der Waals surface area contributed by atoms with Crippen molar-refractivity contribution in [3.63, 3.8) is 0 Å².